The van der Waals surface area contributed by atoms with Crippen LogP contribution in [0.4, 0.5) is 0 Å². The van der Waals surface area contributed by atoms with Gasteiger partial charge in [0.1, 0.15) is 0 Å². The monoisotopic (exact) mass is 163 g/mol. The molecule has 0 saturated carbocycles. The third-order valence-electron chi connectivity index (χ3n) is 3.12. The minimum atomic E-state index is 0.439. The Hall–Kier alpha value is -0.560. The Morgan fingerprint density at radius 2 is 2.33 bits per heavy atom. The van der Waals surface area contributed by atoms with E-state index in [2.05, 4.69) is 37.4 Å². The first-order valence-corrected chi connectivity index (χ1v) is 4.76. The van der Waals surface area contributed by atoms with E-state index in [9.17, 15) is 0 Å². The highest BCUT2D eigenvalue weighted by Crippen LogP contribution is 2.38. The lowest BCUT2D eigenvalue weighted by Crippen LogP contribution is -2.44. The summed E-state index contributed by atoms with van der Waals surface area (Å²) in [4.78, 5) is 0. The van der Waals surface area contributed by atoms with Crippen LogP contribution in [0.2, 0.25) is 0 Å². The molecular weight excluding hydrogens is 146 g/mol. The summed E-state index contributed by atoms with van der Waals surface area (Å²) >= 11 is 0. The van der Waals surface area contributed by atoms with Crippen molar-refractivity contribution in [3.63, 3.8) is 0 Å². The molecule has 1 fully saturated rings. The molecule has 0 aromatic heterocycles. The molecule has 1 nitrogen and oxygen atoms in total. The van der Waals surface area contributed by atoms with Crippen LogP contribution >= 0.6 is 0 Å². The molecule has 0 radical (unpaired) electrons. The number of piperidine rings is 1. The topological polar surface area (TPSA) is 12.0 Å². The Morgan fingerprint density at radius 3 is 3.08 bits per heavy atom. The Bertz CT molecular complexity index is 235. The number of allylic oxidation sites excluding steroid dienone is 3. The molecule has 0 aromatic rings. The van der Waals surface area contributed by atoms with E-state index >= 15 is 0 Å². The second kappa shape index (κ2) is 2.74. The van der Waals surface area contributed by atoms with Crippen molar-refractivity contribution in [2.45, 2.75) is 20.3 Å². The van der Waals surface area contributed by atoms with Crippen LogP contribution in [-0.4, -0.2) is 13.1 Å². The van der Waals surface area contributed by atoms with Crippen molar-refractivity contribution in [1.29, 1.82) is 0 Å². The van der Waals surface area contributed by atoms with Gasteiger partial charge in [-0.1, -0.05) is 37.6 Å². The van der Waals surface area contributed by atoms with Crippen molar-refractivity contribution in [2.75, 3.05) is 13.1 Å². The molecular formula is C11H17N. The Morgan fingerprint density at radius 1 is 1.50 bits per heavy atom. The van der Waals surface area contributed by atoms with Crippen molar-refractivity contribution < 1.29 is 0 Å². The van der Waals surface area contributed by atoms with E-state index in [4.69, 9.17) is 0 Å². The average molecular weight is 163 g/mol. The molecule has 1 N–H and O–H groups in total. The van der Waals surface area contributed by atoms with Crippen LogP contribution in [0.3, 0.4) is 0 Å². The first-order chi connectivity index (χ1) is 5.70. The quantitative estimate of drug-likeness (QED) is 0.577. The number of fused-ring (bicyclic) bond motifs is 1. The van der Waals surface area contributed by atoms with Gasteiger partial charge in [0, 0.05) is 13.1 Å². The van der Waals surface area contributed by atoms with Crippen molar-refractivity contribution in [1.82, 2.24) is 5.32 Å². The summed E-state index contributed by atoms with van der Waals surface area (Å²) in [6, 6.07) is 0. The van der Waals surface area contributed by atoms with Crippen molar-refractivity contribution in [2.24, 2.45) is 11.3 Å². The zero-order valence-corrected chi connectivity index (χ0v) is 7.93. The molecule has 66 valence electrons. The minimum Gasteiger partial charge on any atom is -0.312 e. The molecule has 1 heterocycles. The molecule has 0 amide bonds. The largest absolute Gasteiger partial charge is 0.312 e. The summed E-state index contributed by atoms with van der Waals surface area (Å²) < 4.78 is 0. The van der Waals surface area contributed by atoms with Crippen molar-refractivity contribution >= 4 is 0 Å². The zero-order chi connectivity index (χ0) is 8.60. The van der Waals surface area contributed by atoms with Gasteiger partial charge in [0.25, 0.3) is 0 Å². The summed E-state index contributed by atoms with van der Waals surface area (Å²) in [6.45, 7) is 6.97. The Balaban J connectivity index is 2.26. The lowest BCUT2D eigenvalue weighted by molar-refractivity contribution is 0.207. The summed E-state index contributed by atoms with van der Waals surface area (Å²) in [5, 5.41) is 3.47. The molecule has 1 aliphatic carbocycles. The fourth-order valence-electron chi connectivity index (χ4n) is 2.33. The maximum Gasteiger partial charge on any atom is 0.0171 e. The molecule has 1 saturated heterocycles. The third-order valence-corrected chi connectivity index (χ3v) is 3.12. The summed E-state index contributed by atoms with van der Waals surface area (Å²) in [5.41, 5.74) is 2.03. The second-order valence-electron chi connectivity index (χ2n) is 4.55. The maximum absolute atomic E-state index is 3.47. The molecule has 1 aliphatic heterocycles. The molecule has 1 atom stereocenters. The van der Waals surface area contributed by atoms with E-state index < -0.39 is 0 Å². The molecule has 0 bridgehead atoms. The molecule has 2 aliphatic rings. The maximum atomic E-state index is 3.47. The number of hydrogen-bond acceptors (Lipinski definition) is 1. The highest BCUT2D eigenvalue weighted by molar-refractivity contribution is 5.26. The van der Waals surface area contributed by atoms with Crippen LogP contribution in [0.25, 0.3) is 0 Å². The first-order valence-electron chi connectivity index (χ1n) is 4.76. The fourth-order valence-corrected chi connectivity index (χ4v) is 2.33. The standard InChI is InChI=1S/C11H17N/c1-11(2)8-12-7-9-5-3-4-6-10(9)11/h3-5,10,12H,6-8H2,1-2H3. The van der Waals surface area contributed by atoms with Crippen LogP contribution in [0.1, 0.15) is 20.3 Å². The Kier molecular flexibility index (Phi) is 1.84. The van der Waals surface area contributed by atoms with Gasteiger partial charge in [0.05, 0.1) is 0 Å². The predicted octanol–water partition coefficient (Wildman–Crippen LogP) is 2.12. The van der Waals surface area contributed by atoms with Gasteiger partial charge in [-0.3, -0.25) is 0 Å². The third kappa shape index (κ3) is 1.22. The lowest BCUT2D eigenvalue weighted by atomic mass is 9.69. The summed E-state index contributed by atoms with van der Waals surface area (Å²) in [7, 11) is 0. The van der Waals surface area contributed by atoms with Crippen LogP contribution in [0.5, 0.6) is 0 Å². The van der Waals surface area contributed by atoms with E-state index in [1.807, 2.05) is 0 Å². The van der Waals surface area contributed by atoms with E-state index in [0.29, 0.717) is 5.41 Å². The van der Waals surface area contributed by atoms with Gasteiger partial charge in [0.2, 0.25) is 0 Å². The second-order valence-corrected chi connectivity index (χ2v) is 4.55. The van der Waals surface area contributed by atoms with Crippen molar-refractivity contribution in [3.05, 3.63) is 23.8 Å². The van der Waals surface area contributed by atoms with Crippen molar-refractivity contribution in [3.8, 4) is 0 Å². The SMILES string of the molecule is CC1(C)CNCC2=CC=CCC21. The lowest BCUT2D eigenvalue weighted by Gasteiger charge is -2.41. The molecule has 12 heavy (non-hydrogen) atoms. The average Bonchev–Trinajstić information content (AvgIpc) is 2.04. The summed E-state index contributed by atoms with van der Waals surface area (Å²) in [6.07, 6.45) is 8.00. The van der Waals surface area contributed by atoms with Gasteiger partial charge >= 0.3 is 0 Å². The van der Waals surface area contributed by atoms with Gasteiger partial charge in [-0.05, 0) is 17.8 Å². The fraction of sp³-hybridized carbons (Fsp3) is 0.636. The first kappa shape index (κ1) is 8.06. The van der Waals surface area contributed by atoms with Crippen LogP contribution in [0.15, 0.2) is 23.8 Å². The van der Waals surface area contributed by atoms with E-state index in [1.165, 1.54) is 6.42 Å². The molecule has 0 spiro atoms. The molecule has 1 heteroatoms. The molecule has 0 aromatic carbocycles. The summed E-state index contributed by atoms with van der Waals surface area (Å²) in [5.74, 6) is 0.781. The highest BCUT2D eigenvalue weighted by Gasteiger charge is 2.34. The molecule has 2 rings (SSSR count). The highest BCUT2D eigenvalue weighted by atomic mass is 14.9. The van der Waals surface area contributed by atoms with Gasteiger partial charge in [0.15, 0.2) is 0 Å². The number of rotatable bonds is 0. The van der Waals surface area contributed by atoms with Gasteiger partial charge in [-0.25, -0.2) is 0 Å². The van der Waals surface area contributed by atoms with E-state index in [-0.39, 0.29) is 0 Å². The Labute approximate surface area is 74.5 Å². The number of nitrogens with one attached hydrogen (secondary N) is 1. The van der Waals surface area contributed by atoms with Crippen LogP contribution in [0, 0.1) is 11.3 Å². The minimum absolute atomic E-state index is 0.439. The van der Waals surface area contributed by atoms with Gasteiger partial charge < -0.3 is 5.32 Å². The van der Waals surface area contributed by atoms with E-state index in [0.717, 1.165) is 19.0 Å². The van der Waals surface area contributed by atoms with Crippen LogP contribution in [-0.2, 0) is 0 Å². The van der Waals surface area contributed by atoms with Gasteiger partial charge in [-0.2, -0.15) is 0 Å². The molecule has 1 unspecified atom stereocenters. The predicted molar refractivity (Wildman–Crippen MR) is 52.0 cm³/mol. The zero-order valence-electron chi connectivity index (χ0n) is 7.93. The normalized spacial score (nSPS) is 32.5. The smallest absolute Gasteiger partial charge is 0.0171 e. The van der Waals surface area contributed by atoms with Gasteiger partial charge in [-0.15, -0.1) is 0 Å². The van der Waals surface area contributed by atoms with E-state index in [1.54, 1.807) is 5.57 Å². The number of hydrogen-bond donors (Lipinski definition) is 1. The van der Waals surface area contributed by atoms with Crippen LogP contribution < -0.4 is 5.32 Å².